The average Bonchev–Trinajstić information content (AvgIpc) is 2.16. The number of esters is 1. The number of carbonyl (C=O) groups is 1. The van der Waals surface area contributed by atoms with Crippen LogP contribution >= 0.6 is 0 Å². The average molecular weight is 200 g/mol. The van der Waals surface area contributed by atoms with Crippen LogP contribution in [0.3, 0.4) is 0 Å². The molecule has 0 spiro atoms. The van der Waals surface area contributed by atoms with Crippen molar-refractivity contribution < 1.29 is 19.1 Å². The Hall–Kier alpha value is -1.50. The van der Waals surface area contributed by atoms with Gasteiger partial charge in [0, 0.05) is 6.07 Å². The van der Waals surface area contributed by atoms with Gasteiger partial charge in [-0.05, 0) is 12.1 Å². The summed E-state index contributed by atoms with van der Waals surface area (Å²) in [5, 5.41) is 19.5. The van der Waals surface area contributed by atoms with Gasteiger partial charge in [-0.2, -0.15) is 0 Å². The first kappa shape index (κ1) is 10.6. The van der Waals surface area contributed by atoms with Crippen molar-refractivity contribution in [3.05, 3.63) is 40.0 Å². The van der Waals surface area contributed by atoms with E-state index in [9.17, 15) is 19.6 Å². The summed E-state index contributed by atoms with van der Waals surface area (Å²) in [5.74, 6) is -1.63. The largest absolute Gasteiger partial charge is 0.628 e. The van der Waals surface area contributed by atoms with Gasteiger partial charge in [0.05, 0.1) is 7.11 Å². The summed E-state index contributed by atoms with van der Waals surface area (Å²) in [6.45, 7) is 0. The molecular formula is C8H7FNO4-. The fourth-order valence-electron chi connectivity index (χ4n) is 0.973. The van der Waals surface area contributed by atoms with E-state index in [0.29, 0.717) is 0 Å². The Bertz CT molecular complexity index is 353. The molecule has 0 aliphatic carbocycles. The molecule has 0 aromatic heterocycles. The van der Waals surface area contributed by atoms with Gasteiger partial charge in [0.1, 0.15) is 17.1 Å². The van der Waals surface area contributed by atoms with E-state index in [1.54, 1.807) is 0 Å². The minimum atomic E-state index is -1.55. The third kappa shape index (κ3) is 2.05. The quantitative estimate of drug-likeness (QED) is 0.543. The van der Waals surface area contributed by atoms with Crippen LogP contribution in [0.25, 0.3) is 0 Å². The lowest BCUT2D eigenvalue weighted by Gasteiger charge is -2.26. The van der Waals surface area contributed by atoms with Crippen LogP contribution in [0, 0.1) is 16.2 Å². The highest BCUT2D eigenvalue weighted by molar-refractivity contribution is 5.93. The normalized spacial score (nSPS) is 10.4. The van der Waals surface area contributed by atoms with Crippen molar-refractivity contribution in [2.24, 2.45) is 0 Å². The Labute approximate surface area is 78.9 Å². The zero-order valence-corrected chi connectivity index (χ0v) is 7.24. The van der Waals surface area contributed by atoms with Gasteiger partial charge in [0.2, 0.25) is 0 Å². The van der Waals surface area contributed by atoms with Crippen molar-refractivity contribution in [3.63, 3.8) is 0 Å². The summed E-state index contributed by atoms with van der Waals surface area (Å²) in [7, 11) is 1.08. The van der Waals surface area contributed by atoms with Crippen LogP contribution < -0.4 is 5.23 Å². The Kier molecular flexibility index (Phi) is 3.13. The highest BCUT2D eigenvalue weighted by Crippen LogP contribution is 2.13. The van der Waals surface area contributed by atoms with E-state index in [1.165, 1.54) is 0 Å². The van der Waals surface area contributed by atoms with Crippen LogP contribution in [-0.2, 0) is 4.74 Å². The summed E-state index contributed by atoms with van der Waals surface area (Å²) in [5.41, 5.74) is -0.745. The van der Waals surface area contributed by atoms with Crippen LogP contribution in [0.1, 0.15) is 10.4 Å². The smallest absolute Gasteiger partial charge is 0.344 e. The molecule has 1 N–H and O–H groups in total. The van der Waals surface area contributed by atoms with Crippen molar-refractivity contribution in [1.82, 2.24) is 0 Å². The number of methoxy groups -OCH3 is 1. The maximum Gasteiger partial charge on any atom is 0.344 e. The fourth-order valence-corrected chi connectivity index (χ4v) is 0.973. The highest BCUT2D eigenvalue weighted by Gasteiger charge is 2.15. The molecule has 0 radical (unpaired) electrons. The first-order chi connectivity index (χ1) is 6.56. The Morgan fingerprint density at radius 1 is 1.50 bits per heavy atom. The molecule has 0 aliphatic rings. The van der Waals surface area contributed by atoms with Crippen molar-refractivity contribution in [2.45, 2.75) is 0 Å². The number of rotatable bonds is 2. The van der Waals surface area contributed by atoms with Gasteiger partial charge in [-0.1, -0.05) is 0 Å². The third-order valence-corrected chi connectivity index (χ3v) is 1.61. The van der Waals surface area contributed by atoms with Gasteiger partial charge >= 0.3 is 5.97 Å². The molecule has 76 valence electrons. The van der Waals surface area contributed by atoms with Gasteiger partial charge in [-0.3, -0.25) is 0 Å². The zero-order valence-electron chi connectivity index (χ0n) is 7.24. The van der Waals surface area contributed by atoms with Gasteiger partial charge < -0.3 is 20.4 Å². The molecule has 1 rings (SSSR count). The lowest BCUT2D eigenvalue weighted by Crippen LogP contribution is -2.96. The van der Waals surface area contributed by atoms with Crippen LogP contribution in [0.5, 0.6) is 0 Å². The maximum atomic E-state index is 12.7. The van der Waals surface area contributed by atoms with Crippen molar-refractivity contribution >= 4 is 11.7 Å². The van der Waals surface area contributed by atoms with Gasteiger partial charge in [-0.25, -0.2) is 9.18 Å². The molecule has 0 aliphatic heterocycles. The lowest BCUT2D eigenvalue weighted by atomic mass is 10.2. The summed E-state index contributed by atoms with van der Waals surface area (Å²) < 4.78 is 17.0. The Balaban J connectivity index is 3.22. The summed E-state index contributed by atoms with van der Waals surface area (Å²) >= 11 is 0. The van der Waals surface area contributed by atoms with Crippen molar-refractivity contribution in [1.29, 1.82) is 0 Å². The van der Waals surface area contributed by atoms with Gasteiger partial charge in [-0.15, -0.1) is 0 Å². The van der Waals surface area contributed by atoms with Crippen molar-refractivity contribution in [2.75, 3.05) is 7.11 Å². The third-order valence-electron chi connectivity index (χ3n) is 1.61. The van der Waals surface area contributed by atoms with Crippen LogP contribution in [-0.4, -0.2) is 13.1 Å². The van der Waals surface area contributed by atoms with Crippen LogP contribution in [0.2, 0.25) is 0 Å². The molecule has 0 atom stereocenters. The number of quaternary nitrogens is 1. The number of halogens is 1. The molecular weight excluding hydrogens is 193 g/mol. The number of carbonyl (C=O) groups excluding carboxylic acids is 1. The molecule has 0 unspecified atom stereocenters. The monoisotopic (exact) mass is 200 g/mol. The topological polar surface area (TPSA) is 76.9 Å². The molecule has 1 aromatic carbocycles. The van der Waals surface area contributed by atoms with Gasteiger partial charge in [0.15, 0.2) is 0 Å². The fraction of sp³-hybridized carbons (Fsp3) is 0.125. The first-order valence-corrected chi connectivity index (χ1v) is 3.65. The SMILES string of the molecule is COC(=O)c1cc(F)ccc1[NH+]([O-])[O-]. The molecule has 6 heteroatoms. The van der Waals surface area contributed by atoms with E-state index in [1.807, 2.05) is 0 Å². The van der Waals surface area contributed by atoms with Crippen molar-refractivity contribution in [3.8, 4) is 0 Å². The first-order valence-electron chi connectivity index (χ1n) is 3.65. The standard InChI is InChI=1S/C8H7FNO4/c1-14-8(11)6-4-5(9)2-3-7(6)10(12)13/h2-4,10H,1H3/q-1. The number of nitrogens with one attached hydrogen (secondary N) is 1. The molecule has 0 amide bonds. The second-order valence-corrected chi connectivity index (χ2v) is 2.47. The molecule has 1 aromatic rings. The summed E-state index contributed by atoms with van der Waals surface area (Å²) in [6, 6.07) is 2.67. The number of hydrogen-bond acceptors (Lipinski definition) is 4. The van der Waals surface area contributed by atoms with E-state index in [4.69, 9.17) is 0 Å². The molecule has 14 heavy (non-hydrogen) atoms. The number of hydrogen-bond donors (Lipinski definition) is 1. The predicted molar refractivity (Wildman–Crippen MR) is 45.1 cm³/mol. The zero-order chi connectivity index (χ0) is 10.7. The van der Waals surface area contributed by atoms with E-state index in [-0.39, 0.29) is 5.56 Å². The molecule has 5 nitrogen and oxygen atoms in total. The van der Waals surface area contributed by atoms with E-state index >= 15 is 0 Å². The van der Waals surface area contributed by atoms with E-state index in [0.717, 1.165) is 25.3 Å². The predicted octanol–water partition coefficient (Wildman–Crippen LogP) is 0.124. The number of ether oxygens (including phenoxy) is 1. The van der Waals surface area contributed by atoms with E-state index < -0.39 is 22.7 Å². The number of benzene rings is 1. The molecule has 0 fully saturated rings. The Morgan fingerprint density at radius 3 is 2.64 bits per heavy atom. The summed E-state index contributed by atoms with van der Waals surface area (Å²) in [6.07, 6.45) is 0. The highest BCUT2D eigenvalue weighted by atomic mass is 19.1. The second-order valence-electron chi connectivity index (χ2n) is 2.47. The van der Waals surface area contributed by atoms with Crippen LogP contribution in [0.4, 0.5) is 10.1 Å². The lowest BCUT2D eigenvalue weighted by molar-refractivity contribution is -0.715. The minimum absolute atomic E-state index is 0.354. The molecule has 0 bridgehead atoms. The second kappa shape index (κ2) is 4.14. The maximum absolute atomic E-state index is 12.7. The van der Waals surface area contributed by atoms with Gasteiger partial charge in [0.25, 0.3) is 0 Å². The van der Waals surface area contributed by atoms with Crippen LogP contribution in [0.15, 0.2) is 18.2 Å². The minimum Gasteiger partial charge on any atom is -0.628 e. The molecule has 0 saturated heterocycles. The Morgan fingerprint density at radius 2 is 2.14 bits per heavy atom. The molecule has 0 heterocycles. The molecule has 0 saturated carbocycles. The summed E-state index contributed by atoms with van der Waals surface area (Å²) in [4.78, 5) is 11.0. The van der Waals surface area contributed by atoms with E-state index in [2.05, 4.69) is 4.74 Å².